The van der Waals surface area contributed by atoms with E-state index in [0.717, 1.165) is 5.75 Å². The Kier molecular flexibility index (Phi) is 6.22. The molecule has 2 saturated heterocycles. The summed E-state index contributed by atoms with van der Waals surface area (Å²) in [5.74, 6) is -0.497. The third-order valence-corrected chi connectivity index (χ3v) is 4.49. The lowest BCUT2D eigenvalue weighted by molar-refractivity contribution is -0.163. The molecule has 0 aromatic rings. The van der Waals surface area contributed by atoms with Gasteiger partial charge in [-0.25, -0.2) is 9.59 Å². The number of carbonyl (C=O) groups is 3. The van der Waals surface area contributed by atoms with Crippen LogP contribution in [0.1, 0.15) is 20.3 Å². The second-order valence-electron chi connectivity index (χ2n) is 4.88. The van der Waals surface area contributed by atoms with Gasteiger partial charge in [-0.3, -0.25) is 4.79 Å². The molecule has 2 aliphatic rings. The molecule has 0 aliphatic carbocycles. The summed E-state index contributed by atoms with van der Waals surface area (Å²) in [5, 5.41) is 0. The number of hydrogen-bond donors (Lipinski definition) is 0. The van der Waals surface area contributed by atoms with Crippen molar-refractivity contribution >= 4 is 29.5 Å². The molecule has 22 heavy (non-hydrogen) atoms. The average molecular weight is 332 g/mol. The van der Waals surface area contributed by atoms with Crippen LogP contribution in [0.25, 0.3) is 0 Å². The van der Waals surface area contributed by atoms with E-state index >= 15 is 0 Å². The predicted octanol–water partition coefficient (Wildman–Crippen LogP) is 0.545. The van der Waals surface area contributed by atoms with Crippen LogP contribution >= 0.6 is 11.8 Å². The minimum atomic E-state index is -1.19. The normalized spacial score (nSPS) is 29.4. The van der Waals surface area contributed by atoms with E-state index < -0.39 is 36.4 Å². The molecule has 0 spiro atoms. The lowest BCUT2D eigenvalue weighted by Gasteiger charge is -2.24. The fraction of sp³-hybridized carbons (Fsp3) is 0.786. The molecule has 2 fully saturated rings. The summed E-state index contributed by atoms with van der Waals surface area (Å²) in [6.45, 7) is 3.64. The molecule has 8 heteroatoms. The Morgan fingerprint density at radius 3 is 2.14 bits per heavy atom. The summed E-state index contributed by atoms with van der Waals surface area (Å²) >= 11 is 1.62. The zero-order valence-electron chi connectivity index (χ0n) is 12.6. The van der Waals surface area contributed by atoms with Crippen LogP contribution in [0.3, 0.4) is 0 Å². The highest BCUT2D eigenvalue weighted by Crippen LogP contribution is 2.32. The molecule has 0 radical (unpaired) electrons. The van der Waals surface area contributed by atoms with Gasteiger partial charge in [0.1, 0.15) is 5.78 Å². The first kappa shape index (κ1) is 17.2. The molecular weight excluding hydrogens is 312 g/mol. The van der Waals surface area contributed by atoms with E-state index in [1.165, 1.54) is 0 Å². The van der Waals surface area contributed by atoms with E-state index in [9.17, 15) is 14.4 Å². The van der Waals surface area contributed by atoms with Crippen molar-refractivity contribution in [2.45, 2.75) is 38.8 Å². The van der Waals surface area contributed by atoms with E-state index in [1.807, 2.05) is 0 Å². The molecule has 2 aliphatic heterocycles. The smallest absolute Gasteiger partial charge is 0.338 e. The van der Waals surface area contributed by atoms with Crippen molar-refractivity contribution in [2.75, 3.05) is 24.7 Å². The maximum Gasteiger partial charge on any atom is 0.338 e. The van der Waals surface area contributed by atoms with Crippen LogP contribution < -0.4 is 0 Å². The van der Waals surface area contributed by atoms with Gasteiger partial charge < -0.3 is 18.9 Å². The highest BCUT2D eigenvalue weighted by molar-refractivity contribution is 7.99. The lowest BCUT2D eigenvalue weighted by Crippen LogP contribution is -2.39. The SMILES string of the molecule is CCOC(=O)[C@@H]1OC([C@@H]2CSCCC2=O)O[C@H]1C(=O)OCC. The van der Waals surface area contributed by atoms with Gasteiger partial charge in [-0.05, 0) is 13.8 Å². The summed E-state index contributed by atoms with van der Waals surface area (Å²) in [7, 11) is 0. The average Bonchev–Trinajstić information content (AvgIpc) is 2.93. The van der Waals surface area contributed by atoms with Crippen LogP contribution in [-0.2, 0) is 33.3 Å². The minimum Gasteiger partial charge on any atom is -0.464 e. The number of thioether (sulfide) groups is 1. The third-order valence-electron chi connectivity index (χ3n) is 3.41. The number of esters is 2. The molecule has 3 atom stereocenters. The molecule has 0 aromatic carbocycles. The van der Waals surface area contributed by atoms with Gasteiger partial charge >= 0.3 is 11.9 Å². The van der Waals surface area contributed by atoms with Gasteiger partial charge in [0.15, 0.2) is 18.5 Å². The van der Waals surface area contributed by atoms with Crippen LogP contribution in [0.4, 0.5) is 0 Å². The van der Waals surface area contributed by atoms with Crippen molar-refractivity contribution < 1.29 is 33.3 Å². The van der Waals surface area contributed by atoms with Crippen LogP contribution in [-0.4, -0.2) is 60.9 Å². The first-order valence-electron chi connectivity index (χ1n) is 7.33. The molecule has 124 valence electrons. The van der Waals surface area contributed by atoms with Gasteiger partial charge in [0.05, 0.1) is 19.1 Å². The first-order chi connectivity index (χ1) is 10.6. The van der Waals surface area contributed by atoms with Gasteiger partial charge in [-0.15, -0.1) is 0 Å². The molecule has 0 N–H and O–H groups in total. The summed E-state index contributed by atoms with van der Waals surface area (Å²) in [4.78, 5) is 35.9. The highest BCUT2D eigenvalue weighted by Gasteiger charge is 2.50. The first-order valence-corrected chi connectivity index (χ1v) is 8.48. The van der Waals surface area contributed by atoms with Gasteiger partial charge in [0, 0.05) is 17.9 Å². The molecule has 0 aromatic heterocycles. The van der Waals surface area contributed by atoms with Crippen molar-refractivity contribution in [3.8, 4) is 0 Å². The van der Waals surface area contributed by atoms with Crippen LogP contribution in [0.15, 0.2) is 0 Å². The largest absolute Gasteiger partial charge is 0.464 e. The number of Topliss-reactive ketones (excluding diaryl/α,β-unsaturated/α-hetero) is 1. The van der Waals surface area contributed by atoms with Crippen molar-refractivity contribution in [1.82, 2.24) is 0 Å². The Morgan fingerprint density at radius 1 is 1.14 bits per heavy atom. The fourth-order valence-electron chi connectivity index (χ4n) is 2.35. The molecule has 0 saturated carbocycles. The fourth-order valence-corrected chi connectivity index (χ4v) is 3.46. The monoisotopic (exact) mass is 332 g/mol. The Hall–Kier alpha value is -1.12. The Labute approximate surface area is 133 Å². The minimum absolute atomic E-state index is 0.0240. The zero-order valence-corrected chi connectivity index (χ0v) is 13.4. The third kappa shape index (κ3) is 3.80. The van der Waals surface area contributed by atoms with Crippen molar-refractivity contribution in [3.63, 3.8) is 0 Å². The molecule has 2 heterocycles. The molecular formula is C14H20O7S. The summed E-state index contributed by atoms with van der Waals surface area (Å²) in [5.41, 5.74) is 0. The molecule has 7 nitrogen and oxygen atoms in total. The number of carbonyl (C=O) groups excluding carboxylic acids is 3. The van der Waals surface area contributed by atoms with Crippen LogP contribution in [0.2, 0.25) is 0 Å². The van der Waals surface area contributed by atoms with E-state index in [4.69, 9.17) is 18.9 Å². The van der Waals surface area contributed by atoms with E-state index in [1.54, 1.807) is 25.6 Å². The van der Waals surface area contributed by atoms with E-state index in [-0.39, 0.29) is 19.0 Å². The summed E-state index contributed by atoms with van der Waals surface area (Å²) in [6, 6.07) is 0. The zero-order chi connectivity index (χ0) is 16.1. The van der Waals surface area contributed by atoms with E-state index in [2.05, 4.69) is 0 Å². The number of hydrogen-bond acceptors (Lipinski definition) is 8. The molecule has 0 bridgehead atoms. The van der Waals surface area contributed by atoms with Crippen molar-refractivity contribution in [2.24, 2.45) is 5.92 Å². The Bertz CT molecular complexity index is 413. The highest BCUT2D eigenvalue weighted by atomic mass is 32.2. The van der Waals surface area contributed by atoms with Crippen molar-refractivity contribution in [1.29, 1.82) is 0 Å². The summed E-state index contributed by atoms with van der Waals surface area (Å²) in [6.07, 6.45) is -2.86. The lowest BCUT2D eigenvalue weighted by atomic mass is 10.0. The number of ether oxygens (including phenoxy) is 4. The van der Waals surface area contributed by atoms with Gasteiger partial charge in [0.25, 0.3) is 0 Å². The van der Waals surface area contributed by atoms with Gasteiger partial charge in [-0.1, -0.05) is 0 Å². The van der Waals surface area contributed by atoms with Crippen LogP contribution in [0, 0.1) is 5.92 Å². The second kappa shape index (κ2) is 7.94. The quantitative estimate of drug-likeness (QED) is 0.674. The molecule has 2 rings (SSSR count). The number of ketones is 1. The maximum atomic E-state index is 12.0. The van der Waals surface area contributed by atoms with Crippen LogP contribution in [0.5, 0.6) is 0 Å². The Balaban J connectivity index is 2.10. The molecule has 0 amide bonds. The summed E-state index contributed by atoms with van der Waals surface area (Å²) < 4.78 is 20.9. The second-order valence-corrected chi connectivity index (χ2v) is 6.03. The van der Waals surface area contributed by atoms with E-state index in [0.29, 0.717) is 12.2 Å². The van der Waals surface area contributed by atoms with Crippen molar-refractivity contribution in [3.05, 3.63) is 0 Å². The number of rotatable bonds is 5. The predicted molar refractivity (Wildman–Crippen MR) is 77.2 cm³/mol. The standard InChI is InChI=1S/C14H20O7S/c1-3-18-12(16)10-11(13(17)19-4-2)21-14(20-10)8-7-22-6-5-9(8)15/h8,10-11,14H,3-7H2,1-2H3/t8-,10-,11-/m1/s1. The topological polar surface area (TPSA) is 88.1 Å². The Morgan fingerprint density at radius 2 is 1.68 bits per heavy atom. The molecule has 0 unspecified atom stereocenters. The van der Waals surface area contributed by atoms with Gasteiger partial charge in [0.2, 0.25) is 0 Å². The van der Waals surface area contributed by atoms with Gasteiger partial charge in [-0.2, -0.15) is 11.8 Å². The maximum absolute atomic E-state index is 12.0.